The molecule has 0 aliphatic heterocycles. The van der Waals surface area contributed by atoms with Crippen LogP contribution in [0.1, 0.15) is 19.1 Å². The Morgan fingerprint density at radius 3 is 2.88 bits per heavy atom. The molecule has 0 aromatic carbocycles. The predicted molar refractivity (Wildman–Crippen MR) is 57.6 cm³/mol. The van der Waals surface area contributed by atoms with Gasteiger partial charge < -0.3 is 14.8 Å². The molecule has 16 heavy (non-hydrogen) atoms. The maximum atomic E-state index is 11.3. The molecule has 1 aromatic rings. The summed E-state index contributed by atoms with van der Waals surface area (Å²) in [7, 11) is 0. The van der Waals surface area contributed by atoms with Gasteiger partial charge in [0.2, 0.25) is 5.91 Å². The summed E-state index contributed by atoms with van der Waals surface area (Å²) in [6.45, 7) is 1.69. The molecule has 1 aromatic heterocycles. The summed E-state index contributed by atoms with van der Waals surface area (Å²) in [6.07, 6.45) is 4.55. The van der Waals surface area contributed by atoms with Crippen molar-refractivity contribution in [1.29, 1.82) is 0 Å². The molecular formula is C11H13NO4. The molecule has 0 unspecified atom stereocenters. The number of furan rings is 1. The van der Waals surface area contributed by atoms with E-state index in [1.165, 1.54) is 18.4 Å². The Labute approximate surface area is 92.8 Å². The fraction of sp³-hybridized carbons (Fsp3) is 0.273. The first-order chi connectivity index (χ1) is 7.63. The van der Waals surface area contributed by atoms with Crippen LogP contribution < -0.4 is 5.32 Å². The molecule has 0 aliphatic carbocycles. The van der Waals surface area contributed by atoms with Gasteiger partial charge in [-0.3, -0.25) is 4.79 Å². The Balaban J connectivity index is 2.50. The zero-order valence-electron chi connectivity index (χ0n) is 8.84. The van der Waals surface area contributed by atoms with Gasteiger partial charge in [-0.15, -0.1) is 0 Å². The van der Waals surface area contributed by atoms with Crippen molar-refractivity contribution >= 4 is 18.0 Å². The van der Waals surface area contributed by atoms with Gasteiger partial charge in [0.1, 0.15) is 11.8 Å². The third-order valence-electron chi connectivity index (χ3n) is 1.96. The number of carbonyl (C=O) groups is 2. The van der Waals surface area contributed by atoms with Crippen molar-refractivity contribution in [1.82, 2.24) is 5.32 Å². The lowest BCUT2D eigenvalue weighted by molar-refractivity contribution is -0.141. The van der Waals surface area contributed by atoms with Crippen LogP contribution in [0.25, 0.3) is 6.08 Å². The summed E-state index contributed by atoms with van der Waals surface area (Å²) in [4.78, 5) is 22.0. The zero-order valence-corrected chi connectivity index (χ0v) is 8.84. The smallest absolute Gasteiger partial charge is 0.326 e. The Bertz CT molecular complexity index is 381. The number of carboxylic acids is 1. The van der Waals surface area contributed by atoms with Crippen LogP contribution in [0.4, 0.5) is 0 Å². The van der Waals surface area contributed by atoms with E-state index in [0.717, 1.165) is 0 Å². The molecular weight excluding hydrogens is 210 g/mol. The van der Waals surface area contributed by atoms with Gasteiger partial charge in [-0.1, -0.05) is 6.92 Å². The molecule has 0 spiro atoms. The average Bonchev–Trinajstić information content (AvgIpc) is 2.75. The summed E-state index contributed by atoms with van der Waals surface area (Å²) >= 11 is 0. The van der Waals surface area contributed by atoms with Crippen molar-refractivity contribution in [2.24, 2.45) is 0 Å². The maximum absolute atomic E-state index is 11.3. The van der Waals surface area contributed by atoms with Gasteiger partial charge in [0.25, 0.3) is 0 Å². The molecule has 86 valence electrons. The summed E-state index contributed by atoms with van der Waals surface area (Å²) in [6, 6.07) is 2.54. The lowest BCUT2D eigenvalue weighted by Gasteiger charge is -2.09. The minimum Gasteiger partial charge on any atom is -0.480 e. The molecule has 0 fully saturated rings. The first kappa shape index (κ1) is 12.0. The van der Waals surface area contributed by atoms with Gasteiger partial charge in [0, 0.05) is 6.08 Å². The second kappa shape index (κ2) is 5.75. The Morgan fingerprint density at radius 2 is 2.38 bits per heavy atom. The summed E-state index contributed by atoms with van der Waals surface area (Å²) in [5, 5.41) is 11.1. The third-order valence-corrected chi connectivity index (χ3v) is 1.96. The highest BCUT2D eigenvalue weighted by atomic mass is 16.4. The Hall–Kier alpha value is -2.04. The first-order valence-corrected chi connectivity index (χ1v) is 4.88. The molecule has 1 heterocycles. The van der Waals surface area contributed by atoms with Gasteiger partial charge >= 0.3 is 5.97 Å². The molecule has 1 amide bonds. The molecule has 0 saturated heterocycles. The van der Waals surface area contributed by atoms with Crippen LogP contribution in [0.2, 0.25) is 0 Å². The van der Waals surface area contributed by atoms with E-state index < -0.39 is 17.9 Å². The van der Waals surface area contributed by atoms with E-state index in [0.29, 0.717) is 12.2 Å². The summed E-state index contributed by atoms with van der Waals surface area (Å²) in [5.41, 5.74) is 0. The molecule has 0 radical (unpaired) electrons. The summed E-state index contributed by atoms with van der Waals surface area (Å²) in [5.74, 6) is -0.952. The van der Waals surface area contributed by atoms with Gasteiger partial charge in [-0.25, -0.2) is 4.79 Å². The standard InChI is InChI=1S/C11H13NO4/c1-2-9(11(14)15)12-10(13)6-5-8-4-3-7-16-8/h3-7,9H,2H2,1H3,(H,12,13)(H,14,15)/b6-5+/t9-/m0/s1. The van der Waals surface area contributed by atoms with Crippen LogP contribution in [0, 0.1) is 0 Å². The van der Waals surface area contributed by atoms with E-state index in [1.807, 2.05) is 0 Å². The highest BCUT2D eigenvalue weighted by Gasteiger charge is 2.15. The van der Waals surface area contributed by atoms with Crippen LogP contribution in [-0.4, -0.2) is 23.0 Å². The monoisotopic (exact) mass is 223 g/mol. The molecule has 1 rings (SSSR count). The Kier molecular flexibility index (Phi) is 4.32. The molecule has 0 aliphatic rings. The first-order valence-electron chi connectivity index (χ1n) is 4.88. The number of nitrogens with one attached hydrogen (secondary N) is 1. The normalized spacial score (nSPS) is 12.6. The highest BCUT2D eigenvalue weighted by molar-refractivity contribution is 5.94. The number of hydrogen-bond donors (Lipinski definition) is 2. The van der Waals surface area contributed by atoms with Crippen LogP contribution in [-0.2, 0) is 9.59 Å². The second-order valence-corrected chi connectivity index (χ2v) is 3.16. The molecule has 5 nitrogen and oxygen atoms in total. The van der Waals surface area contributed by atoms with Gasteiger partial charge in [-0.05, 0) is 24.6 Å². The van der Waals surface area contributed by atoms with Crippen molar-refractivity contribution in [3.8, 4) is 0 Å². The van der Waals surface area contributed by atoms with E-state index >= 15 is 0 Å². The zero-order chi connectivity index (χ0) is 12.0. The third kappa shape index (κ3) is 3.61. The highest BCUT2D eigenvalue weighted by Crippen LogP contribution is 2.02. The fourth-order valence-corrected chi connectivity index (χ4v) is 1.10. The molecule has 5 heteroatoms. The topological polar surface area (TPSA) is 79.5 Å². The maximum Gasteiger partial charge on any atom is 0.326 e. The average molecular weight is 223 g/mol. The van der Waals surface area contributed by atoms with E-state index in [1.54, 1.807) is 19.1 Å². The summed E-state index contributed by atoms with van der Waals surface area (Å²) < 4.78 is 4.98. The largest absolute Gasteiger partial charge is 0.480 e. The van der Waals surface area contributed by atoms with E-state index in [2.05, 4.69) is 5.32 Å². The van der Waals surface area contributed by atoms with Crippen molar-refractivity contribution < 1.29 is 19.1 Å². The van der Waals surface area contributed by atoms with Crippen LogP contribution in [0.5, 0.6) is 0 Å². The fourth-order valence-electron chi connectivity index (χ4n) is 1.10. The van der Waals surface area contributed by atoms with Gasteiger partial charge in [0.15, 0.2) is 0 Å². The van der Waals surface area contributed by atoms with Crippen LogP contribution in [0.3, 0.4) is 0 Å². The number of hydrogen-bond acceptors (Lipinski definition) is 3. The predicted octanol–water partition coefficient (Wildman–Crippen LogP) is 1.27. The lowest BCUT2D eigenvalue weighted by Crippen LogP contribution is -2.39. The van der Waals surface area contributed by atoms with E-state index in [9.17, 15) is 9.59 Å². The number of amides is 1. The Morgan fingerprint density at radius 1 is 1.62 bits per heavy atom. The van der Waals surface area contributed by atoms with E-state index in [-0.39, 0.29) is 0 Å². The van der Waals surface area contributed by atoms with E-state index in [4.69, 9.17) is 9.52 Å². The SMILES string of the molecule is CC[C@H](NC(=O)/C=C/c1ccco1)C(=O)O. The second-order valence-electron chi connectivity index (χ2n) is 3.16. The van der Waals surface area contributed by atoms with Crippen molar-refractivity contribution in [2.75, 3.05) is 0 Å². The molecule has 0 bridgehead atoms. The lowest BCUT2D eigenvalue weighted by atomic mass is 10.2. The van der Waals surface area contributed by atoms with Crippen LogP contribution >= 0.6 is 0 Å². The number of rotatable bonds is 5. The number of carbonyl (C=O) groups excluding carboxylic acids is 1. The number of aliphatic carboxylic acids is 1. The molecule has 0 saturated carbocycles. The minimum absolute atomic E-state index is 0.343. The number of carboxylic acid groups (broad SMARTS) is 1. The van der Waals surface area contributed by atoms with Crippen molar-refractivity contribution in [3.05, 3.63) is 30.2 Å². The minimum atomic E-state index is -1.04. The van der Waals surface area contributed by atoms with Crippen molar-refractivity contribution in [3.63, 3.8) is 0 Å². The molecule has 1 atom stereocenters. The molecule has 2 N–H and O–H groups in total. The van der Waals surface area contributed by atoms with Gasteiger partial charge in [0.05, 0.1) is 6.26 Å². The quantitative estimate of drug-likeness (QED) is 0.737. The van der Waals surface area contributed by atoms with Crippen LogP contribution in [0.15, 0.2) is 28.9 Å². The van der Waals surface area contributed by atoms with Crippen molar-refractivity contribution in [2.45, 2.75) is 19.4 Å². The van der Waals surface area contributed by atoms with Gasteiger partial charge in [-0.2, -0.15) is 0 Å².